The highest BCUT2D eigenvalue weighted by Gasteiger charge is 2.17. The van der Waals surface area contributed by atoms with Crippen LogP contribution in [0.4, 0.5) is 10.1 Å². The molecule has 6 nitrogen and oxygen atoms in total. The van der Waals surface area contributed by atoms with Crippen molar-refractivity contribution in [3.63, 3.8) is 0 Å². The summed E-state index contributed by atoms with van der Waals surface area (Å²) in [5.74, 6) is -1.03. The smallest absolute Gasteiger partial charge is 0.263 e. The van der Waals surface area contributed by atoms with Gasteiger partial charge in [0.2, 0.25) is 0 Å². The molecule has 0 unspecified atom stereocenters. The molecule has 4 N–H and O–H groups in total. The lowest BCUT2D eigenvalue weighted by Crippen LogP contribution is -2.18. The van der Waals surface area contributed by atoms with Crippen molar-refractivity contribution in [3.8, 4) is 0 Å². The van der Waals surface area contributed by atoms with Gasteiger partial charge in [-0.1, -0.05) is 12.1 Å². The summed E-state index contributed by atoms with van der Waals surface area (Å²) in [5, 5.41) is 7.39. The van der Waals surface area contributed by atoms with Gasteiger partial charge in [-0.25, -0.2) is 12.8 Å². The number of halogens is 1. The number of nitrogens with two attached hydrogens (primary N) is 1. The van der Waals surface area contributed by atoms with Gasteiger partial charge in [-0.05, 0) is 18.2 Å². The maximum absolute atomic E-state index is 13.0. The maximum atomic E-state index is 13.0. The van der Waals surface area contributed by atoms with Gasteiger partial charge in [0.1, 0.15) is 16.5 Å². The Morgan fingerprint density at radius 2 is 2.00 bits per heavy atom. The summed E-state index contributed by atoms with van der Waals surface area (Å²) in [4.78, 5) is 3.18. The molecule has 0 saturated carbocycles. The normalized spacial score (nSPS) is 11.1. The zero-order valence-electron chi connectivity index (χ0n) is 10.2. The molecule has 1 aromatic heterocycles. The Balaban J connectivity index is 2.41. The zero-order chi connectivity index (χ0) is 14.8. The van der Waals surface area contributed by atoms with E-state index in [2.05, 4.69) is 9.71 Å². The number of rotatable bonds is 4. The van der Waals surface area contributed by atoms with E-state index in [0.29, 0.717) is 0 Å². The minimum atomic E-state index is -4.00. The van der Waals surface area contributed by atoms with Gasteiger partial charge in [0.05, 0.1) is 11.9 Å². The van der Waals surface area contributed by atoms with E-state index in [1.807, 2.05) is 0 Å². The van der Waals surface area contributed by atoms with Crippen LogP contribution in [0.1, 0.15) is 5.56 Å². The van der Waals surface area contributed by atoms with Crippen molar-refractivity contribution in [1.82, 2.24) is 4.98 Å². The first-order valence-corrected chi connectivity index (χ1v) is 6.95. The van der Waals surface area contributed by atoms with Crippen LogP contribution in [0.15, 0.2) is 47.6 Å². The van der Waals surface area contributed by atoms with E-state index >= 15 is 0 Å². The molecule has 0 aliphatic heterocycles. The summed E-state index contributed by atoms with van der Waals surface area (Å²) in [6.07, 6.45) is 1.93. The zero-order valence-corrected chi connectivity index (χ0v) is 11.0. The van der Waals surface area contributed by atoms with Crippen molar-refractivity contribution < 1.29 is 12.8 Å². The first kappa shape index (κ1) is 13.9. The predicted octanol–water partition coefficient (Wildman–Crippen LogP) is 1.31. The van der Waals surface area contributed by atoms with E-state index in [4.69, 9.17) is 11.1 Å². The molecule has 8 heteroatoms. The summed E-state index contributed by atoms with van der Waals surface area (Å²) in [5.41, 5.74) is 5.75. The molecule has 0 spiro atoms. The number of nitrogens with zero attached hydrogens (tertiary/aromatic N) is 1. The van der Waals surface area contributed by atoms with E-state index in [1.165, 1.54) is 12.1 Å². The molecular weight excluding hydrogens is 283 g/mol. The Labute approximate surface area is 115 Å². The number of sulfonamides is 1. The lowest BCUT2D eigenvalue weighted by atomic mass is 10.2. The number of nitrogens with one attached hydrogen (secondary N) is 2. The fraction of sp³-hybridized carbons (Fsp3) is 0. The number of hydrogen-bond acceptors (Lipinski definition) is 4. The van der Waals surface area contributed by atoms with Crippen LogP contribution in [0.2, 0.25) is 0 Å². The van der Waals surface area contributed by atoms with Crippen LogP contribution in [0.3, 0.4) is 0 Å². The van der Waals surface area contributed by atoms with Crippen LogP contribution in [0.25, 0.3) is 0 Å². The van der Waals surface area contributed by atoms with Gasteiger partial charge in [0, 0.05) is 11.8 Å². The third kappa shape index (κ3) is 2.91. The van der Waals surface area contributed by atoms with Crippen LogP contribution in [0.5, 0.6) is 0 Å². The standard InChI is InChI=1S/C12H11FN4O2S/c13-8-5-9(7-16-6-8)20(18,19)17-11-4-2-1-3-10(11)12(14)15/h1-7,17H,(H3,14,15). The SMILES string of the molecule is N=C(N)c1ccccc1NS(=O)(=O)c1cncc(F)c1. The van der Waals surface area contributed by atoms with E-state index in [-0.39, 0.29) is 22.0 Å². The molecule has 20 heavy (non-hydrogen) atoms. The van der Waals surface area contributed by atoms with Crippen LogP contribution < -0.4 is 10.5 Å². The topological polar surface area (TPSA) is 109 Å². The molecule has 0 saturated heterocycles. The van der Waals surface area contributed by atoms with E-state index in [9.17, 15) is 12.8 Å². The molecule has 1 aromatic carbocycles. The van der Waals surface area contributed by atoms with Crippen molar-refractivity contribution in [1.29, 1.82) is 5.41 Å². The highest BCUT2D eigenvalue weighted by Crippen LogP contribution is 2.19. The first-order valence-electron chi connectivity index (χ1n) is 5.47. The molecule has 0 fully saturated rings. The van der Waals surface area contributed by atoms with Gasteiger partial charge in [0.25, 0.3) is 10.0 Å². The average Bonchev–Trinajstić information content (AvgIpc) is 2.38. The van der Waals surface area contributed by atoms with Crippen molar-refractivity contribution >= 4 is 21.5 Å². The lowest BCUT2D eigenvalue weighted by Gasteiger charge is -2.11. The Hall–Kier alpha value is -2.48. The summed E-state index contributed by atoms with van der Waals surface area (Å²) < 4.78 is 39.5. The maximum Gasteiger partial charge on any atom is 0.263 e. The number of amidine groups is 1. The summed E-state index contributed by atoms with van der Waals surface area (Å²) in [6.45, 7) is 0. The molecule has 0 amide bonds. The number of nitrogen functional groups attached to an aromatic ring is 1. The van der Waals surface area contributed by atoms with Crippen molar-refractivity contribution in [2.24, 2.45) is 5.73 Å². The minimum Gasteiger partial charge on any atom is -0.384 e. The molecule has 2 aromatic rings. The summed E-state index contributed by atoms with van der Waals surface area (Å²) in [7, 11) is -4.00. The Bertz CT molecular complexity index is 762. The van der Waals surface area contributed by atoms with Gasteiger partial charge in [-0.15, -0.1) is 0 Å². The van der Waals surface area contributed by atoms with Gasteiger partial charge >= 0.3 is 0 Å². The quantitative estimate of drug-likeness (QED) is 0.583. The molecule has 0 aliphatic carbocycles. The molecule has 0 aliphatic rings. The second-order valence-corrected chi connectivity index (χ2v) is 5.59. The number of benzene rings is 1. The number of pyridine rings is 1. The van der Waals surface area contributed by atoms with Gasteiger partial charge in [0.15, 0.2) is 0 Å². The van der Waals surface area contributed by atoms with Crippen LogP contribution in [-0.4, -0.2) is 19.2 Å². The average molecular weight is 294 g/mol. The van der Waals surface area contributed by atoms with Gasteiger partial charge < -0.3 is 5.73 Å². The Morgan fingerprint density at radius 3 is 2.65 bits per heavy atom. The van der Waals surface area contributed by atoms with Crippen molar-refractivity contribution in [2.45, 2.75) is 4.90 Å². The Morgan fingerprint density at radius 1 is 1.30 bits per heavy atom. The summed E-state index contributed by atoms with van der Waals surface area (Å²) >= 11 is 0. The number of para-hydroxylation sites is 1. The summed E-state index contributed by atoms with van der Waals surface area (Å²) in [6, 6.07) is 7.03. The number of anilines is 1. The lowest BCUT2D eigenvalue weighted by molar-refractivity contribution is 0.592. The monoisotopic (exact) mass is 294 g/mol. The van der Waals surface area contributed by atoms with Crippen molar-refractivity contribution in [3.05, 3.63) is 54.1 Å². The van der Waals surface area contributed by atoms with Crippen molar-refractivity contribution in [2.75, 3.05) is 4.72 Å². The number of aromatic nitrogens is 1. The third-order valence-electron chi connectivity index (χ3n) is 2.45. The van der Waals surface area contributed by atoms with Crippen LogP contribution in [-0.2, 0) is 10.0 Å². The molecule has 1 heterocycles. The molecule has 0 radical (unpaired) electrons. The predicted molar refractivity (Wildman–Crippen MR) is 72.5 cm³/mol. The van der Waals surface area contributed by atoms with Crippen LogP contribution >= 0.6 is 0 Å². The second-order valence-electron chi connectivity index (χ2n) is 3.90. The van der Waals surface area contributed by atoms with Crippen LogP contribution in [0, 0.1) is 11.2 Å². The fourth-order valence-electron chi connectivity index (χ4n) is 1.55. The van der Waals surface area contributed by atoms with E-state index < -0.39 is 15.8 Å². The van der Waals surface area contributed by atoms with Gasteiger partial charge in [-0.2, -0.15) is 0 Å². The molecule has 0 bridgehead atoms. The Kier molecular flexibility index (Phi) is 3.66. The van der Waals surface area contributed by atoms with E-state index in [0.717, 1.165) is 18.5 Å². The van der Waals surface area contributed by atoms with Gasteiger partial charge in [-0.3, -0.25) is 15.1 Å². The highest BCUT2D eigenvalue weighted by atomic mass is 32.2. The molecule has 0 atom stereocenters. The third-order valence-corrected chi connectivity index (χ3v) is 3.78. The first-order chi connectivity index (χ1) is 9.40. The van der Waals surface area contributed by atoms with E-state index in [1.54, 1.807) is 12.1 Å². The fourth-order valence-corrected chi connectivity index (χ4v) is 2.60. The number of hydrogen-bond donors (Lipinski definition) is 3. The molecule has 104 valence electrons. The molecule has 2 rings (SSSR count). The molecular formula is C12H11FN4O2S. The highest BCUT2D eigenvalue weighted by molar-refractivity contribution is 7.92. The second kappa shape index (κ2) is 5.25. The largest absolute Gasteiger partial charge is 0.384 e. The minimum absolute atomic E-state index is 0.143.